The first-order valence-corrected chi connectivity index (χ1v) is 6.96. The summed E-state index contributed by atoms with van der Waals surface area (Å²) in [5.74, 6) is 0.0457. The van der Waals surface area contributed by atoms with Crippen LogP contribution in [0.15, 0.2) is 55.0 Å². The van der Waals surface area contributed by atoms with E-state index in [1.54, 1.807) is 19.2 Å². The van der Waals surface area contributed by atoms with Crippen LogP contribution in [-0.4, -0.2) is 21.2 Å². The van der Waals surface area contributed by atoms with E-state index in [0.717, 1.165) is 24.1 Å². The van der Waals surface area contributed by atoms with Crippen LogP contribution in [0.3, 0.4) is 0 Å². The highest BCUT2D eigenvalue weighted by Crippen LogP contribution is 2.15. The van der Waals surface area contributed by atoms with E-state index in [0.29, 0.717) is 6.42 Å². The SMILES string of the molecule is CC(=O)CCC/C=C/C(=O)n1cnc(-c2ccccc2)c1. The summed E-state index contributed by atoms with van der Waals surface area (Å²) in [7, 11) is 0. The second-order valence-corrected chi connectivity index (χ2v) is 4.87. The van der Waals surface area contributed by atoms with Gasteiger partial charge in [0, 0.05) is 18.2 Å². The van der Waals surface area contributed by atoms with Crippen molar-refractivity contribution in [3.05, 3.63) is 55.0 Å². The van der Waals surface area contributed by atoms with Gasteiger partial charge in [0.15, 0.2) is 0 Å². The molecule has 0 saturated heterocycles. The van der Waals surface area contributed by atoms with E-state index in [2.05, 4.69) is 4.98 Å². The lowest BCUT2D eigenvalue weighted by Crippen LogP contribution is -2.03. The molecule has 1 aromatic carbocycles. The fourth-order valence-corrected chi connectivity index (χ4v) is 1.94. The van der Waals surface area contributed by atoms with E-state index in [1.807, 2.05) is 30.3 Å². The van der Waals surface area contributed by atoms with Crippen molar-refractivity contribution < 1.29 is 9.59 Å². The molecule has 1 heterocycles. The molecule has 0 N–H and O–H groups in total. The molecule has 0 saturated carbocycles. The highest BCUT2D eigenvalue weighted by molar-refractivity contribution is 5.90. The normalized spacial score (nSPS) is 10.9. The van der Waals surface area contributed by atoms with Gasteiger partial charge in [-0.2, -0.15) is 0 Å². The third-order valence-corrected chi connectivity index (χ3v) is 3.07. The van der Waals surface area contributed by atoms with E-state index < -0.39 is 0 Å². The van der Waals surface area contributed by atoms with Gasteiger partial charge >= 0.3 is 0 Å². The predicted octanol–water partition coefficient (Wildman–Crippen LogP) is 3.51. The third-order valence-electron chi connectivity index (χ3n) is 3.07. The Hall–Kier alpha value is -2.49. The number of carbonyl (C=O) groups is 2. The first kappa shape index (κ1) is 14.9. The zero-order valence-corrected chi connectivity index (χ0v) is 12.0. The Labute approximate surface area is 124 Å². The molecule has 0 spiro atoms. The molecule has 4 nitrogen and oxygen atoms in total. The number of rotatable bonds is 6. The first-order chi connectivity index (χ1) is 10.2. The summed E-state index contributed by atoms with van der Waals surface area (Å²) >= 11 is 0. The van der Waals surface area contributed by atoms with Gasteiger partial charge in [-0.1, -0.05) is 36.4 Å². The maximum absolute atomic E-state index is 12.0. The van der Waals surface area contributed by atoms with Gasteiger partial charge in [-0.3, -0.25) is 9.36 Å². The van der Waals surface area contributed by atoms with Gasteiger partial charge in [0.05, 0.1) is 5.69 Å². The molecule has 0 atom stereocenters. The van der Waals surface area contributed by atoms with Crippen LogP contribution in [0.1, 0.15) is 31.0 Å². The van der Waals surface area contributed by atoms with Crippen LogP contribution in [0.4, 0.5) is 0 Å². The molecule has 1 aromatic heterocycles. The maximum Gasteiger partial charge on any atom is 0.255 e. The van der Waals surface area contributed by atoms with Crippen LogP contribution in [0, 0.1) is 0 Å². The van der Waals surface area contributed by atoms with E-state index in [9.17, 15) is 9.59 Å². The summed E-state index contributed by atoms with van der Waals surface area (Å²) in [6, 6.07) is 9.72. The molecule has 0 fully saturated rings. The van der Waals surface area contributed by atoms with Crippen LogP contribution in [0.2, 0.25) is 0 Å². The smallest absolute Gasteiger partial charge is 0.255 e. The van der Waals surface area contributed by atoms with Crippen molar-refractivity contribution in [3.8, 4) is 11.3 Å². The fraction of sp³-hybridized carbons (Fsp3) is 0.235. The van der Waals surface area contributed by atoms with E-state index in [1.165, 1.54) is 17.0 Å². The maximum atomic E-state index is 12.0. The molecular formula is C17H18N2O2. The van der Waals surface area contributed by atoms with Crippen molar-refractivity contribution in [1.82, 2.24) is 9.55 Å². The zero-order valence-electron chi connectivity index (χ0n) is 12.0. The van der Waals surface area contributed by atoms with Gasteiger partial charge in [0.1, 0.15) is 12.1 Å². The van der Waals surface area contributed by atoms with Gasteiger partial charge < -0.3 is 4.79 Å². The standard InChI is InChI=1S/C17H18N2O2/c1-14(20)8-4-2-7-11-17(21)19-12-16(18-13-19)15-9-5-3-6-10-15/h3,5-7,9-13H,2,4,8H2,1H3/b11-7+. The van der Waals surface area contributed by atoms with Crippen molar-refractivity contribution in [2.45, 2.75) is 26.2 Å². The molecule has 0 aliphatic rings. The van der Waals surface area contributed by atoms with Crippen LogP contribution in [0.5, 0.6) is 0 Å². The minimum absolute atomic E-state index is 0.132. The largest absolute Gasteiger partial charge is 0.300 e. The average Bonchev–Trinajstić information content (AvgIpc) is 2.97. The second-order valence-electron chi connectivity index (χ2n) is 4.87. The lowest BCUT2D eigenvalue weighted by Gasteiger charge is -1.95. The van der Waals surface area contributed by atoms with Crippen molar-refractivity contribution in [3.63, 3.8) is 0 Å². The van der Waals surface area contributed by atoms with Gasteiger partial charge in [-0.05, 0) is 25.8 Å². The Morgan fingerprint density at radius 2 is 2.00 bits per heavy atom. The predicted molar refractivity (Wildman–Crippen MR) is 82.0 cm³/mol. The summed E-state index contributed by atoms with van der Waals surface area (Å²) in [5, 5.41) is 0. The molecular weight excluding hydrogens is 264 g/mol. The van der Waals surface area contributed by atoms with Crippen LogP contribution < -0.4 is 0 Å². The van der Waals surface area contributed by atoms with Gasteiger partial charge in [-0.15, -0.1) is 0 Å². The number of hydrogen-bond acceptors (Lipinski definition) is 3. The van der Waals surface area contributed by atoms with E-state index in [-0.39, 0.29) is 11.7 Å². The average molecular weight is 282 g/mol. The Bertz CT molecular complexity index is 642. The molecule has 0 amide bonds. The number of unbranched alkanes of at least 4 members (excludes halogenated alkanes) is 1. The number of imidazole rings is 1. The van der Waals surface area contributed by atoms with Crippen LogP contribution >= 0.6 is 0 Å². The number of ketones is 1. The van der Waals surface area contributed by atoms with Crippen molar-refractivity contribution in [1.29, 1.82) is 0 Å². The van der Waals surface area contributed by atoms with Gasteiger partial charge in [0.25, 0.3) is 5.91 Å². The molecule has 2 aromatic rings. The summed E-state index contributed by atoms with van der Waals surface area (Å²) < 4.78 is 1.46. The molecule has 0 aliphatic carbocycles. The number of hydrogen-bond donors (Lipinski definition) is 0. The quantitative estimate of drug-likeness (QED) is 0.602. The first-order valence-electron chi connectivity index (χ1n) is 6.96. The number of benzene rings is 1. The molecule has 4 heteroatoms. The van der Waals surface area contributed by atoms with Gasteiger partial charge in [-0.25, -0.2) is 4.98 Å². The molecule has 0 aliphatic heterocycles. The molecule has 0 unspecified atom stereocenters. The van der Waals surface area contributed by atoms with E-state index >= 15 is 0 Å². The molecule has 108 valence electrons. The minimum atomic E-state index is -0.132. The summed E-state index contributed by atoms with van der Waals surface area (Å²) in [4.78, 5) is 27.0. The topological polar surface area (TPSA) is 52.0 Å². The highest BCUT2D eigenvalue weighted by atomic mass is 16.1. The highest BCUT2D eigenvalue weighted by Gasteiger charge is 2.05. The third kappa shape index (κ3) is 4.53. The van der Waals surface area contributed by atoms with Crippen LogP contribution in [0.25, 0.3) is 11.3 Å². The Balaban J connectivity index is 1.93. The van der Waals surface area contributed by atoms with Crippen molar-refractivity contribution in [2.75, 3.05) is 0 Å². The second kappa shape index (κ2) is 7.33. The lowest BCUT2D eigenvalue weighted by atomic mass is 10.2. The minimum Gasteiger partial charge on any atom is -0.300 e. The molecule has 0 bridgehead atoms. The van der Waals surface area contributed by atoms with Crippen molar-refractivity contribution in [2.24, 2.45) is 0 Å². The Kier molecular flexibility index (Phi) is 5.21. The number of nitrogens with zero attached hydrogens (tertiary/aromatic N) is 2. The molecule has 2 rings (SSSR count). The summed E-state index contributed by atoms with van der Waals surface area (Å²) in [5.41, 5.74) is 1.75. The Morgan fingerprint density at radius 1 is 1.24 bits per heavy atom. The number of allylic oxidation sites excluding steroid dienone is 2. The number of carbonyl (C=O) groups excluding carboxylic acids is 2. The Morgan fingerprint density at radius 3 is 2.71 bits per heavy atom. The molecule has 21 heavy (non-hydrogen) atoms. The number of Topliss-reactive ketones (excluding diaryl/α,β-unsaturated/α-hetero) is 1. The number of aromatic nitrogens is 2. The zero-order chi connectivity index (χ0) is 15.1. The fourth-order valence-electron chi connectivity index (χ4n) is 1.94. The van der Waals surface area contributed by atoms with Crippen molar-refractivity contribution >= 4 is 11.7 Å². The summed E-state index contributed by atoms with van der Waals surface area (Å²) in [6.07, 6.45) is 8.62. The molecule has 0 radical (unpaired) electrons. The summed E-state index contributed by atoms with van der Waals surface area (Å²) in [6.45, 7) is 1.57. The van der Waals surface area contributed by atoms with Crippen LogP contribution in [-0.2, 0) is 4.79 Å². The van der Waals surface area contributed by atoms with E-state index in [4.69, 9.17) is 0 Å². The van der Waals surface area contributed by atoms with Gasteiger partial charge in [0.2, 0.25) is 0 Å². The lowest BCUT2D eigenvalue weighted by molar-refractivity contribution is -0.117. The monoisotopic (exact) mass is 282 g/mol.